The summed E-state index contributed by atoms with van der Waals surface area (Å²) in [6, 6.07) is 3.34. The number of ether oxygens (including phenoxy) is 2. The van der Waals surface area contributed by atoms with Crippen molar-refractivity contribution in [3.05, 3.63) is 28.2 Å². The van der Waals surface area contributed by atoms with Gasteiger partial charge >= 0.3 is 5.97 Å². The van der Waals surface area contributed by atoms with E-state index in [1.165, 1.54) is 6.07 Å². The molecule has 0 unspecified atom stereocenters. The molecule has 0 aromatic carbocycles. The number of likely N-dealkylation sites (tertiary alicyclic amines) is 1. The number of nitrogens with zero attached hydrogens (tertiary/aromatic N) is 2. The molecule has 25 heavy (non-hydrogen) atoms. The highest BCUT2D eigenvalue weighted by Crippen LogP contribution is 2.19. The van der Waals surface area contributed by atoms with Gasteiger partial charge in [0.25, 0.3) is 5.56 Å². The van der Waals surface area contributed by atoms with Crippen molar-refractivity contribution in [2.45, 2.75) is 45.6 Å². The van der Waals surface area contributed by atoms with Crippen LogP contribution in [0.2, 0.25) is 0 Å². The molecule has 0 N–H and O–H groups in total. The fourth-order valence-electron chi connectivity index (χ4n) is 2.82. The first-order valence-electron chi connectivity index (χ1n) is 8.68. The summed E-state index contributed by atoms with van der Waals surface area (Å²) in [7, 11) is 1.72. The van der Waals surface area contributed by atoms with Gasteiger partial charge in [0.05, 0.1) is 13.0 Å². The van der Waals surface area contributed by atoms with Crippen LogP contribution in [0.4, 0.5) is 0 Å². The van der Waals surface area contributed by atoms with Crippen LogP contribution in [0, 0.1) is 6.92 Å². The first-order chi connectivity index (χ1) is 11.9. The Morgan fingerprint density at radius 3 is 2.48 bits per heavy atom. The van der Waals surface area contributed by atoms with Crippen LogP contribution in [-0.2, 0) is 21.4 Å². The van der Waals surface area contributed by atoms with E-state index in [1.807, 2.05) is 13.0 Å². The highest BCUT2D eigenvalue weighted by Gasteiger charge is 2.24. The number of esters is 1. The van der Waals surface area contributed by atoms with Gasteiger partial charge in [0.15, 0.2) is 0 Å². The molecule has 7 nitrogen and oxygen atoms in total. The van der Waals surface area contributed by atoms with Crippen LogP contribution in [0.15, 0.2) is 16.9 Å². The standard InChI is InChI=1S/C18H26N2O5/c1-4-24-18(23)6-5-16(21)20-9-7-14(8-10-20)25-15-11-13(2)19(3)17(22)12-15/h11-12,14H,4-10H2,1-3H3. The molecule has 0 bridgehead atoms. The number of rotatable bonds is 6. The molecule has 0 saturated carbocycles. The first-order valence-corrected chi connectivity index (χ1v) is 8.68. The summed E-state index contributed by atoms with van der Waals surface area (Å²) >= 11 is 0. The van der Waals surface area contributed by atoms with Gasteiger partial charge in [-0.2, -0.15) is 0 Å². The van der Waals surface area contributed by atoms with Crippen LogP contribution in [0.3, 0.4) is 0 Å². The molecule has 1 saturated heterocycles. The Balaban J connectivity index is 1.80. The highest BCUT2D eigenvalue weighted by atomic mass is 16.5. The van der Waals surface area contributed by atoms with E-state index in [0.29, 0.717) is 38.3 Å². The van der Waals surface area contributed by atoms with Gasteiger partial charge in [-0.15, -0.1) is 0 Å². The molecule has 1 aliphatic heterocycles. The first kappa shape index (κ1) is 19.0. The molecule has 2 rings (SSSR count). The van der Waals surface area contributed by atoms with E-state index in [0.717, 1.165) is 5.69 Å². The van der Waals surface area contributed by atoms with Crippen LogP contribution in [0.1, 0.15) is 38.3 Å². The summed E-state index contributed by atoms with van der Waals surface area (Å²) in [4.78, 5) is 37.0. The smallest absolute Gasteiger partial charge is 0.306 e. The van der Waals surface area contributed by atoms with Crippen LogP contribution in [0.5, 0.6) is 5.75 Å². The Morgan fingerprint density at radius 2 is 1.88 bits per heavy atom. The van der Waals surface area contributed by atoms with Crippen LogP contribution in [-0.4, -0.2) is 47.1 Å². The molecule has 1 amide bonds. The van der Waals surface area contributed by atoms with Gasteiger partial charge in [-0.05, 0) is 19.9 Å². The summed E-state index contributed by atoms with van der Waals surface area (Å²) in [6.45, 7) is 5.12. The number of aromatic nitrogens is 1. The minimum absolute atomic E-state index is 0.0133. The molecule has 138 valence electrons. The Bertz CT molecular complexity index is 675. The van der Waals surface area contributed by atoms with Crippen molar-refractivity contribution >= 4 is 11.9 Å². The second-order valence-electron chi connectivity index (χ2n) is 6.23. The Kier molecular flexibility index (Phi) is 6.61. The van der Waals surface area contributed by atoms with Crippen molar-refractivity contribution < 1.29 is 19.1 Å². The zero-order valence-corrected chi connectivity index (χ0v) is 15.1. The minimum atomic E-state index is -0.338. The van der Waals surface area contributed by atoms with Gasteiger partial charge in [-0.1, -0.05) is 0 Å². The predicted molar refractivity (Wildman–Crippen MR) is 92.5 cm³/mol. The second-order valence-corrected chi connectivity index (χ2v) is 6.23. The third-order valence-corrected chi connectivity index (χ3v) is 4.42. The van der Waals surface area contributed by atoms with Gasteiger partial charge in [-0.3, -0.25) is 14.4 Å². The quantitative estimate of drug-likeness (QED) is 0.725. The lowest BCUT2D eigenvalue weighted by molar-refractivity contribution is -0.146. The molecule has 0 atom stereocenters. The van der Waals surface area contributed by atoms with Gasteiger partial charge in [0.1, 0.15) is 11.9 Å². The van der Waals surface area contributed by atoms with Gasteiger partial charge in [0, 0.05) is 51.2 Å². The van der Waals surface area contributed by atoms with E-state index < -0.39 is 0 Å². The third kappa shape index (κ3) is 5.34. The fourth-order valence-corrected chi connectivity index (χ4v) is 2.82. The van der Waals surface area contributed by atoms with Crippen LogP contribution < -0.4 is 10.3 Å². The molecule has 7 heteroatoms. The average Bonchev–Trinajstić information content (AvgIpc) is 2.58. The molecule has 1 aromatic rings. The summed E-state index contributed by atoms with van der Waals surface area (Å²) in [5.41, 5.74) is 0.746. The second kappa shape index (κ2) is 8.69. The molecule has 1 aliphatic rings. The summed E-state index contributed by atoms with van der Waals surface area (Å²) in [5.74, 6) is 0.207. The number of hydrogen-bond acceptors (Lipinski definition) is 5. The van der Waals surface area contributed by atoms with Gasteiger partial charge < -0.3 is 18.9 Å². The lowest BCUT2D eigenvalue weighted by Gasteiger charge is -2.32. The zero-order chi connectivity index (χ0) is 18.4. The maximum Gasteiger partial charge on any atom is 0.306 e. The van der Waals surface area contributed by atoms with E-state index in [-0.39, 0.29) is 36.4 Å². The molecule has 0 aliphatic carbocycles. The van der Waals surface area contributed by atoms with Crippen molar-refractivity contribution in [2.75, 3.05) is 19.7 Å². The summed E-state index contributed by atoms with van der Waals surface area (Å²) in [6.07, 6.45) is 1.70. The summed E-state index contributed by atoms with van der Waals surface area (Å²) in [5, 5.41) is 0. The third-order valence-electron chi connectivity index (χ3n) is 4.42. The lowest BCUT2D eigenvalue weighted by atomic mass is 10.1. The molecule has 1 fully saturated rings. The van der Waals surface area contributed by atoms with E-state index >= 15 is 0 Å². The Labute approximate surface area is 147 Å². The monoisotopic (exact) mass is 350 g/mol. The van der Waals surface area contributed by atoms with E-state index in [4.69, 9.17) is 9.47 Å². The molecular weight excluding hydrogens is 324 g/mol. The SMILES string of the molecule is CCOC(=O)CCC(=O)N1CCC(Oc2cc(C)n(C)c(=O)c2)CC1. The van der Waals surface area contributed by atoms with Crippen molar-refractivity contribution in [3.8, 4) is 5.75 Å². The predicted octanol–water partition coefficient (Wildman–Crippen LogP) is 1.41. The number of amides is 1. The molecule has 2 heterocycles. The van der Waals surface area contributed by atoms with E-state index in [9.17, 15) is 14.4 Å². The number of aryl methyl sites for hydroxylation is 1. The Hall–Kier alpha value is -2.31. The topological polar surface area (TPSA) is 77.8 Å². The van der Waals surface area contributed by atoms with E-state index in [1.54, 1.807) is 23.4 Å². The van der Waals surface area contributed by atoms with Crippen molar-refractivity contribution in [3.63, 3.8) is 0 Å². The van der Waals surface area contributed by atoms with Crippen molar-refractivity contribution in [2.24, 2.45) is 7.05 Å². The minimum Gasteiger partial charge on any atom is -0.490 e. The molecule has 0 spiro atoms. The van der Waals surface area contributed by atoms with Gasteiger partial charge in [-0.25, -0.2) is 0 Å². The molecular formula is C18H26N2O5. The number of pyridine rings is 1. The van der Waals surface area contributed by atoms with Crippen molar-refractivity contribution in [1.29, 1.82) is 0 Å². The van der Waals surface area contributed by atoms with Crippen molar-refractivity contribution in [1.82, 2.24) is 9.47 Å². The normalized spacial score (nSPS) is 15.1. The number of carbonyl (C=O) groups excluding carboxylic acids is 2. The fraction of sp³-hybridized carbons (Fsp3) is 0.611. The Morgan fingerprint density at radius 1 is 1.20 bits per heavy atom. The van der Waals surface area contributed by atoms with E-state index in [2.05, 4.69) is 0 Å². The summed E-state index contributed by atoms with van der Waals surface area (Å²) < 4.78 is 12.3. The molecule has 1 aromatic heterocycles. The maximum atomic E-state index is 12.1. The van der Waals surface area contributed by atoms with Crippen LogP contribution >= 0.6 is 0 Å². The van der Waals surface area contributed by atoms with Gasteiger partial charge in [0.2, 0.25) is 5.91 Å². The maximum absolute atomic E-state index is 12.1. The highest BCUT2D eigenvalue weighted by molar-refractivity contribution is 5.81. The zero-order valence-electron chi connectivity index (χ0n) is 15.1. The number of piperidine rings is 1. The van der Waals surface area contributed by atoms with Crippen LogP contribution in [0.25, 0.3) is 0 Å². The number of hydrogen-bond donors (Lipinski definition) is 0. The average molecular weight is 350 g/mol. The lowest BCUT2D eigenvalue weighted by Crippen LogP contribution is -2.42. The largest absolute Gasteiger partial charge is 0.490 e. The number of carbonyl (C=O) groups is 2. The molecule has 0 radical (unpaired) electrons.